The summed E-state index contributed by atoms with van der Waals surface area (Å²) in [6.07, 6.45) is 1.42. The predicted octanol–water partition coefficient (Wildman–Crippen LogP) is 2.37. The fourth-order valence-corrected chi connectivity index (χ4v) is 2.87. The van der Waals surface area contributed by atoms with Gasteiger partial charge >= 0.3 is 0 Å². The maximum Gasteiger partial charge on any atom is 0.289 e. The Morgan fingerprint density at radius 1 is 1.24 bits per heavy atom. The molecule has 3 rings (SSSR count). The number of nitrogens with zero attached hydrogens (tertiary/aromatic N) is 1. The molecule has 2 aromatic heterocycles. The lowest BCUT2D eigenvalue weighted by molar-refractivity contribution is 0.0675. The summed E-state index contributed by atoms with van der Waals surface area (Å²) in [6, 6.07) is 8.96. The number of amides is 1. The summed E-state index contributed by atoms with van der Waals surface area (Å²) in [5, 5.41) is 10.2. The molecule has 0 saturated heterocycles. The van der Waals surface area contributed by atoms with E-state index >= 15 is 0 Å². The van der Waals surface area contributed by atoms with Crippen molar-refractivity contribution in [2.75, 3.05) is 13.2 Å². The summed E-state index contributed by atoms with van der Waals surface area (Å²) in [4.78, 5) is 29.3. The van der Waals surface area contributed by atoms with Crippen molar-refractivity contribution in [3.8, 4) is 0 Å². The molecule has 25 heavy (non-hydrogen) atoms. The summed E-state index contributed by atoms with van der Waals surface area (Å²) in [5.74, 6) is -0.183. The lowest BCUT2D eigenvalue weighted by Gasteiger charge is -2.20. The largest absolute Gasteiger partial charge is 0.459 e. The van der Waals surface area contributed by atoms with Crippen molar-refractivity contribution in [3.63, 3.8) is 0 Å². The zero-order chi connectivity index (χ0) is 18.0. The van der Waals surface area contributed by atoms with Gasteiger partial charge in [0.25, 0.3) is 11.5 Å². The fraction of sp³-hybridized carbons (Fsp3) is 0.263. The van der Waals surface area contributed by atoms with E-state index in [2.05, 4.69) is 4.98 Å². The summed E-state index contributed by atoms with van der Waals surface area (Å²) >= 11 is 0. The van der Waals surface area contributed by atoms with Crippen molar-refractivity contribution in [2.45, 2.75) is 20.4 Å². The molecule has 0 fully saturated rings. The van der Waals surface area contributed by atoms with Gasteiger partial charge in [-0.25, -0.2) is 0 Å². The molecule has 3 aromatic rings. The van der Waals surface area contributed by atoms with Crippen molar-refractivity contribution in [1.82, 2.24) is 9.88 Å². The molecule has 2 heterocycles. The monoisotopic (exact) mass is 340 g/mol. The number of pyridine rings is 1. The summed E-state index contributed by atoms with van der Waals surface area (Å²) < 4.78 is 5.14. The quantitative estimate of drug-likeness (QED) is 0.746. The number of aryl methyl sites for hydroxylation is 2. The number of hydrogen-bond acceptors (Lipinski definition) is 4. The molecule has 0 aliphatic rings. The molecular weight excluding hydrogens is 320 g/mol. The molecule has 130 valence electrons. The van der Waals surface area contributed by atoms with Gasteiger partial charge in [-0.15, -0.1) is 0 Å². The third kappa shape index (κ3) is 3.34. The van der Waals surface area contributed by atoms with E-state index < -0.39 is 0 Å². The Kier molecular flexibility index (Phi) is 4.72. The van der Waals surface area contributed by atoms with Gasteiger partial charge in [0.05, 0.1) is 24.9 Å². The van der Waals surface area contributed by atoms with Crippen LogP contribution in [0.5, 0.6) is 0 Å². The highest BCUT2D eigenvalue weighted by atomic mass is 16.3. The molecule has 1 aromatic carbocycles. The number of aromatic nitrogens is 1. The van der Waals surface area contributed by atoms with Crippen LogP contribution < -0.4 is 5.56 Å². The Balaban J connectivity index is 2.00. The molecular formula is C19H20N2O4. The van der Waals surface area contributed by atoms with Gasteiger partial charge in [0, 0.05) is 17.5 Å². The number of carbonyl (C=O) groups is 1. The van der Waals surface area contributed by atoms with Gasteiger partial charge in [0.1, 0.15) is 0 Å². The molecule has 0 radical (unpaired) electrons. The van der Waals surface area contributed by atoms with Crippen LogP contribution >= 0.6 is 0 Å². The van der Waals surface area contributed by atoms with Crippen molar-refractivity contribution < 1.29 is 14.3 Å². The summed E-state index contributed by atoms with van der Waals surface area (Å²) in [7, 11) is 0. The maximum atomic E-state index is 12.5. The number of benzene rings is 1. The highest BCUT2D eigenvalue weighted by Crippen LogP contribution is 2.20. The van der Waals surface area contributed by atoms with Gasteiger partial charge in [-0.1, -0.05) is 12.1 Å². The lowest BCUT2D eigenvalue weighted by Crippen LogP contribution is -2.34. The molecule has 2 N–H and O–H groups in total. The third-order valence-corrected chi connectivity index (χ3v) is 4.27. The van der Waals surface area contributed by atoms with Crippen molar-refractivity contribution in [3.05, 3.63) is 69.4 Å². The Hall–Kier alpha value is -2.86. The van der Waals surface area contributed by atoms with E-state index in [9.17, 15) is 14.7 Å². The van der Waals surface area contributed by atoms with E-state index in [4.69, 9.17) is 4.42 Å². The smallest absolute Gasteiger partial charge is 0.289 e. The number of fused-ring (bicyclic) bond motifs is 1. The Morgan fingerprint density at radius 2 is 2.00 bits per heavy atom. The Bertz CT molecular complexity index is 957. The molecule has 6 nitrogen and oxygen atoms in total. The number of rotatable bonds is 5. The summed E-state index contributed by atoms with van der Waals surface area (Å²) in [5.41, 5.74) is 3.07. The first-order valence-corrected chi connectivity index (χ1v) is 8.07. The molecule has 0 spiro atoms. The highest BCUT2D eigenvalue weighted by Gasteiger charge is 2.20. The van der Waals surface area contributed by atoms with Crippen LogP contribution in [0.1, 0.15) is 27.2 Å². The van der Waals surface area contributed by atoms with E-state index in [1.54, 1.807) is 12.1 Å². The zero-order valence-corrected chi connectivity index (χ0v) is 14.2. The second kappa shape index (κ2) is 6.94. The number of hydrogen-bond donors (Lipinski definition) is 2. The van der Waals surface area contributed by atoms with Gasteiger partial charge in [0.2, 0.25) is 0 Å². The van der Waals surface area contributed by atoms with Crippen LogP contribution in [0.2, 0.25) is 0 Å². The van der Waals surface area contributed by atoms with E-state index in [0.29, 0.717) is 5.56 Å². The van der Waals surface area contributed by atoms with E-state index in [-0.39, 0.29) is 36.9 Å². The van der Waals surface area contributed by atoms with Gasteiger partial charge < -0.3 is 19.4 Å². The minimum Gasteiger partial charge on any atom is -0.459 e. The topological polar surface area (TPSA) is 86.5 Å². The predicted molar refractivity (Wildman–Crippen MR) is 94.6 cm³/mol. The number of aliphatic hydroxyl groups is 1. The van der Waals surface area contributed by atoms with Gasteiger partial charge in [-0.2, -0.15) is 0 Å². The number of aromatic amines is 1. The first-order chi connectivity index (χ1) is 12.0. The van der Waals surface area contributed by atoms with Crippen LogP contribution in [-0.2, 0) is 6.54 Å². The third-order valence-electron chi connectivity index (χ3n) is 4.27. The SMILES string of the molecule is Cc1ccc(C)c2[nH]c(=O)c(CN(CCO)C(=O)c3ccco3)cc12. The minimum atomic E-state index is -0.362. The summed E-state index contributed by atoms with van der Waals surface area (Å²) in [6.45, 7) is 3.93. The zero-order valence-electron chi connectivity index (χ0n) is 14.2. The fourth-order valence-electron chi connectivity index (χ4n) is 2.87. The molecule has 6 heteroatoms. The Labute approximate surface area is 144 Å². The second-order valence-corrected chi connectivity index (χ2v) is 6.04. The van der Waals surface area contributed by atoms with Gasteiger partial charge in [-0.3, -0.25) is 9.59 Å². The van der Waals surface area contributed by atoms with Crippen molar-refractivity contribution >= 4 is 16.8 Å². The number of carbonyl (C=O) groups excluding carboxylic acids is 1. The molecule has 0 aliphatic carbocycles. The second-order valence-electron chi connectivity index (χ2n) is 6.04. The number of furan rings is 1. The molecule has 0 saturated carbocycles. The molecule has 1 amide bonds. The first kappa shape index (κ1) is 17.0. The average molecular weight is 340 g/mol. The highest BCUT2D eigenvalue weighted by molar-refractivity contribution is 5.91. The van der Waals surface area contributed by atoms with Crippen LogP contribution in [0.25, 0.3) is 10.9 Å². The van der Waals surface area contributed by atoms with Gasteiger partial charge in [0.15, 0.2) is 5.76 Å². The lowest BCUT2D eigenvalue weighted by atomic mass is 10.0. The number of nitrogens with one attached hydrogen (secondary N) is 1. The van der Waals surface area contributed by atoms with E-state index in [0.717, 1.165) is 22.0 Å². The van der Waals surface area contributed by atoms with Crippen LogP contribution in [-0.4, -0.2) is 34.0 Å². The number of aliphatic hydroxyl groups excluding tert-OH is 1. The average Bonchev–Trinajstić information content (AvgIpc) is 3.13. The molecule has 0 aliphatic heterocycles. The standard InChI is InChI=1S/C19H20N2O4/c1-12-5-6-13(2)17-15(12)10-14(18(23)20-17)11-21(7-8-22)19(24)16-4-3-9-25-16/h3-6,9-10,22H,7-8,11H2,1-2H3,(H,20,23). The van der Waals surface area contributed by atoms with Crippen LogP contribution in [0.15, 0.2) is 45.8 Å². The maximum absolute atomic E-state index is 12.5. The number of H-pyrrole nitrogens is 1. The van der Waals surface area contributed by atoms with Crippen LogP contribution in [0, 0.1) is 13.8 Å². The van der Waals surface area contributed by atoms with E-state index in [1.165, 1.54) is 11.2 Å². The molecule has 0 bridgehead atoms. The molecule has 0 unspecified atom stereocenters. The molecule has 0 atom stereocenters. The van der Waals surface area contributed by atoms with Gasteiger partial charge in [-0.05, 0) is 43.2 Å². The van der Waals surface area contributed by atoms with Crippen molar-refractivity contribution in [1.29, 1.82) is 0 Å². The van der Waals surface area contributed by atoms with Crippen LogP contribution in [0.3, 0.4) is 0 Å². The van der Waals surface area contributed by atoms with Crippen molar-refractivity contribution in [2.24, 2.45) is 0 Å². The first-order valence-electron chi connectivity index (χ1n) is 8.07. The van der Waals surface area contributed by atoms with Crippen LogP contribution in [0.4, 0.5) is 0 Å². The Morgan fingerprint density at radius 3 is 2.68 bits per heavy atom. The normalized spacial score (nSPS) is 11.0. The minimum absolute atomic E-state index is 0.0960. The van der Waals surface area contributed by atoms with E-state index in [1.807, 2.05) is 32.0 Å².